The van der Waals surface area contributed by atoms with Crippen LogP contribution in [-0.4, -0.2) is 34.2 Å². The van der Waals surface area contributed by atoms with Crippen molar-refractivity contribution in [3.8, 4) is 11.1 Å². The molecule has 0 spiro atoms. The number of carbonyl (C=O) groups is 1. The number of halogens is 3. The zero-order chi connectivity index (χ0) is 26.0. The van der Waals surface area contributed by atoms with Crippen LogP contribution in [0, 0.1) is 6.92 Å². The standard InChI is InChI=1S/C26H25F3N2O4S/c1-16-23(18-4-3-5-19(12-18)26(27,28)29)24(32)22(14-31(16)20-10-11-35-15-20)25(33)30-13-17-6-8-21(9-7-17)36(2)34/h3-9,12,14,20H,10-11,13,15H2,1-2H3,(H,30,33). The largest absolute Gasteiger partial charge is 0.416 e. The second-order valence-corrected chi connectivity index (χ2v) is 10.00. The summed E-state index contributed by atoms with van der Waals surface area (Å²) in [5, 5.41) is 2.72. The van der Waals surface area contributed by atoms with Gasteiger partial charge in [-0.1, -0.05) is 24.3 Å². The van der Waals surface area contributed by atoms with E-state index in [1.165, 1.54) is 18.3 Å². The van der Waals surface area contributed by atoms with E-state index < -0.39 is 33.9 Å². The Labute approximate surface area is 208 Å². The summed E-state index contributed by atoms with van der Waals surface area (Å²) in [4.78, 5) is 27.2. The molecule has 2 unspecified atom stereocenters. The van der Waals surface area contributed by atoms with Crippen LogP contribution in [0.25, 0.3) is 11.1 Å². The van der Waals surface area contributed by atoms with Crippen LogP contribution in [0.3, 0.4) is 0 Å². The van der Waals surface area contributed by atoms with Gasteiger partial charge in [-0.3, -0.25) is 13.8 Å². The van der Waals surface area contributed by atoms with Gasteiger partial charge in [0.05, 0.1) is 18.2 Å². The Bertz CT molecular complexity index is 1360. The molecule has 1 aromatic heterocycles. The van der Waals surface area contributed by atoms with Gasteiger partial charge in [-0.25, -0.2) is 0 Å². The fourth-order valence-electron chi connectivity index (χ4n) is 4.27. The Morgan fingerprint density at radius 2 is 1.92 bits per heavy atom. The summed E-state index contributed by atoms with van der Waals surface area (Å²) in [7, 11) is -1.13. The topological polar surface area (TPSA) is 77.4 Å². The Morgan fingerprint density at radius 1 is 1.19 bits per heavy atom. The number of nitrogens with one attached hydrogen (secondary N) is 1. The van der Waals surface area contributed by atoms with Crippen LogP contribution >= 0.6 is 0 Å². The molecule has 2 aromatic carbocycles. The molecule has 2 heterocycles. The second-order valence-electron chi connectivity index (χ2n) is 8.62. The van der Waals surface area contributed by atoms with Crippen molar-refractivity contribution in [1.29, 1.82) is 0 Å². The van der Waals surface area contributed by atoms with Crippen molar-refractivity contribution in [2.45, 2.75) is 37.0 Å². The van der Waals surface area contributed by atoms with Crippen LogP contribution in [0.5, 0.6) is 0 Å². The van der Waals surface area contributed by atoms with E-state index in [0.29, 0.717) is 30.2 Å². The Morgan fingerprint density at radius 3 is 2.53 bits per heavy atom. The van der Waals surface area contributed by atoms with Gasteiger partial charge in [0.2, 0.25) is 5.43 Å². The van der Waals surface area contributed by atoms with Crippen molar-refractivity contribution < 1.29 is 26.9 Å². The molecule has 1 aliphatic heterocycles. The first-order chi connectivity index (χ1) is 17.1. The molecule has 1 fully saturated rings. The monoisotopic (exact) mass is 518 g/mol. The summed E-state index contributed by atoms with van der Waals surface area (Å²) in [6.07, 6.45) is -0.890. The highest BCUT2D eigenvalue weighted by atomic mass is 32.2. The van der Waals surface area contributed by atoms with Crippen molar-refractivity contribution in [3.05, 3.63) is 87.3 Å². The quantitative estimate of drug-likeness (QED) is 0.523. The van der Waals surface area contributed by atoms with Crippen molar-refractivity contribution in [3.63, 3.8) is 0 Å². The molecule has 0 bridgehead atoms. The van der Waals surface area contributed by atoms with Crippen LogP contribution in [-0.2, 0) is 28.3 Å². The average Bonchev–Trinajstić information content (AvgIpc) is 3.37. The average molecular weight is 519 g/mol. The van der Waals surface area contributed by atoms with Crippen LogP contribution in [0.1, 0.15) is 39.6 Å². The molecule has 1 aliphatic rings. The third kappa shape index (κ3) is 5.44. The van der Waals surface area contributed by atoms with E-state index in [9.17, 15) is 27.0 Å². The molecular weight excluding hydrogens is 493 g/mol. The van der Waals surface area contributed by atoms with E-state index in [1.807, 2.05) is 0 Å². The van der Waals surface area contributed by atoms with Crippen LogP contribution in [0.15, 0.2) is 64.4 Å². The zero-order valence-corrected chi connectivity index (χ0v) is 20.5. The Balaban J connectivity index is 1.73. The number of carbonyl (C=O) groups excluding carboxylic acids is 1. The predicted octanol–water partition coefficient (Wildman–Crippen LogP) is 4.47. The first kappa shape index (κ1) is 25.8. The molecule has 10 heteroatoms. The Kier molecular flexibility index (Phi) is 7.46. The summed E-state index contributed by atoms with van der Waals surface area (Å²) in [5.74, 6) is -0.635. The molecule has 4 rings (SSSR count). The maximum absolute atomic E-state index is 13.5. The number of aromatic nitrogens is 1. The van der Waals surface area contributed by atoms with Crippen molar-refractivity contribution in [2.24, 2.45) is 0 Å². The fourth-order valence-corrected chi connectivity index (χ4v) is 4.79. The van der Waals surface area contributed by atoms with E-state index >= 15 is 0 Å². The molecule has 1 saturated heterocycles. The number of pyridine rings is 1. The van der Waals surface area contributed by atoms with Gasteiger partial charge in [-0.05, 0) is 48.7 Å². The lowest BCUT2D eigenvalue weighted by atomic mass is 9.98. The van der Waals surface area contributed by atoms with Crippen LogP contribution in [0.4, 0.5) is 13.2 Å². The number of amides is 1. The van der Waals surface area contributed by atoms with E-state index in [4.69, 9.17) is 4.74 Å². The third-order valence-corrected chi connectivity index (χ3v) is 7.16. The zero-order valence-electron chi connectivity index (χ0n) is 19.7. The minimum atomic E-state index is -4.57. The number of hydrogen-bond acceptors (Lipinski definition) is 4. The van der Waals surface area contributed by atoms with Crippen molar-refractivity contribution in [1.82, 2.24) is 9.88 Å². The lowest BCUT2D eigenvalue weighted by Gasteiger charge is -2.21. The maximum atomic E-state index is 13.5. The molecular formula is C26H25F3N2O4S. The highest BCUT2D eigenvalue weighted by molar-refractivity contribution is 7.84. The van der Waals surface area contributed by atoms with Gasteiger partial charge < -0.3 is 14.6 Å². The van der Waals surface area contributed by atoms with E-state index in [0.717, 1.165) is 17.7 Å². The highest BCUT2D eigenvalue weighted by Gasteiger charge is 2.31. The molecule has 0 saturated carbocycles. The highest BCUT2D eigenvalue weighted by Crippen LogP contribution is 2.33. The van der Waals surface area contributed by atoms with Gasteiger partial charge in [-0.15, -0.1) is 0 Å². The number of hydrogen-bond donors (Lipinski definition) is 1. The molecule has 190 valence electrons. The third-order valence-electron chi connectivity index (χ3n) is 6.22. The van der Waals surface area contributed by atoms with Gasteiger partial charge in [0.15, 0.2) is 0 Å². The summed E-state index contributed by atoms with van der Waals surface area (Å²) in [6, 6.07) is 11.3. The first-order valence-electron chi connectivity index (χ1n) is 11.3. The molecule has 1 N–H and O–H groups in total. The first-order valence-corrected chi connectivity index (χ1v) is 12.8. The van der Waals surface area contributed by atoms with Crippen LogP contribution < -0.4 is 10.7 Å². The van der Waals surface area contributed by atoms with Gasteiger partial charge >= 0.3 is 6.18 Å². The molecule has 2 atom stereocenters. The van der Waals surface area contributed by atoms with E-state index in [2.05, 4.69) is 5.32 Å². The summed E-state index contributed by atoms with van der Waals surface area (Å²) in [6.45, 7) is 2.66. The number of nitrogens with zero attached hydrogens (tertiary/aromatic N) is 1. The maximum Gasteiger partial charge on any atom is 0.416 e. The number of benzene rings is 2. The van der Waals surface area contributed by atoms with E-state index in [1.54, 1.807) is 42.0 Å². The number of ether oxygens (including phenoxy) is 1. The summed E-state index contributed by atoms with van der Waals surface area (Å²) < 4.78 is 58.9. The molecule has 36 heavy (non-hydrogen) atoms. The van der Waals surface area contributed by atoms with Crippen molar-refractivity contribution >= 4 is 16.7 Å². The minimum Gasteiger partial charge on any atom is -0.379 e. The van der Waals surface area contributed by atoms with Gasteiger partial charge in [-0.2, -0.15) is 13.2 Å². The molecule has 3 aromatic rings. The second kappa shape index (κ2) is 10.4. The van der Waals surface area contributed by atoms with Crippen LogP contribution in [0.2, 0.25) is 0 Å². The van der Waals surface area contributed by atoms with Gasteiger partial charge in [0.25, 0.3) is 5.91 Å². The van der Waals surface area contributed by atoms with E-state index in [-0.39, 0.29) is 29.3 Å². The normalized spacial score (nSPS) is 16.6. The molecule has 0 aliphatic carbocycles. The minimum absolute atomic E-state index is 0.0513. The lowest BCUT2D eigenvalue weighted by molar-refractivity contribution is -0.137. The molecule has 1 amide bonds. The number of alkyl halides is 3. The summed E-state index contributed by atoms with van der Waals surface area (Å²) >= 11 is 0. The predicted molar refractivity (Wildman–Crippen MR) is 130 cm³/mol. The molecule has 0 radical (unpaired) electrons. The van der Waals surface area contributed by atoms with Crippen molar-refractivity contribution in [2.75, 3.05) is 19.5 Å². The smallest absolute Gasteiger partial charge is 0.379 e. The fraction of sp³-hybridized carbons (Fsp3) is 0.308. The summed E-state index contributed by atoms with van der Waals surface area (Å²) in [5.41, 5.74) is -0.321. The van der Waals surface area contributed by atoms with Gasteiger partial charge in [0.1, 0.15) is 5.56 Å². The lowest BCUT2D eigenvalue weighted by Crippen LogP contribution is -2.31. The Hall–Kier alpha value is -3.24. The van der Waals surface area contributed by atoms with Gasteiger partial charge in [0, 0.05) is 52.6 Å². The SMILES string of the molecule is Cc1c(-c2cccc(C(F)(F)F)c2)c(=O)c(C(=O)NCc2ccc(S(C)=O)cc2)cn1C1CCOC1. The molecule has 6 nitrogen and oxygen atoms in total. The number of rotatable bonds is 6.